The highest BCUT2D eigenvalue weighted by atomic mass is 35.5. The van der Waals surface area contributed by atoms with Crippen molar-refractivity contribution >= 4 is 35.0 Å². The van der Waals surface area contributed by atoms with Crippen molar-refractivity contribution in [2.24, 2.45) is 0 Å². The summed E-state index contributed by atoms with van der Waals surface area (Å²) in [5, 5.41) is 13.2. The number of pyridine rings is 2. The summed E-state index contributed by atoms with van der Waals surface area (Å²) in [7, 11) is 0. The van der Waals surface area contributed by atoms with Gasteiger partial charge in [0.25, 0.3) is 0 Å². The van der Waals surface area contributed by atoms with E-state index in [-0.39, 0.29) is 11.7 Å². The Balaban J connectivity index is 1.71. The van der Waals surface area contributed by atoms with Crippen molar-refractivity contribution in [3.63, 3.8) is 0 Å². The molecule has 0 saturated heterocycles. The number of rotatable bonds is 5. The fourth-order valence-electron chi connectivity index (χ4n) is 2.16. The molecule has 0 aliphatic carbocycles. The molecule has 0 aliphatic rings. The van der Waals surface area contributed by atoms with Gasteiger partial charge in [0.05, 0.1) is 22.7 Å². The Hall–Kier alpha value is -2.88. The van der Waals surface area contributed by atoms with Gasteiger partial charge in [-0.2, -0.15) is 5.26 Å². The van der Waals surface area contributed by atoms with Gasteiger partial charge in [-0.1, -0.05) is 29.4 Å². The molecule has 2 aromatic heterocycles. The number of benzene rings is 1. The lowest BCUT2D eigenvalue weighted by atomic mass is 10.2. The molecule has 7 heteroatoms. The normalized spacial score (nSPS) is 10.2. The average molecular weight is 381 g/mol. The molecule has 26 heavy (non-hydrogen) atoms. The first-order chi connectivity index (χ1) is 12.7. The smallest absolute Gasteiger partial charge is 0.234 e. The summed E-state index contributed by atoms with van der Waals surface area (Å²) in [4.78, 5) is 20.9. The Bertz CT molecular complexity index is 956. The predicted molar refractivity (Wildman–Crippen MR) is 103 cm³/mol. The van der Waals surface area contributed by atoms with E-state index in [4.69, 9.17) is 11.6 Å². The molecule has 2 heterocycles. The van der Waals surface area contributed by atoms with Gasteiger partial charge in [0, 0.05) is 16.9 Å². The molecule has 0 spiro atoms. The number of aromatic nitrogens is 2. The minimum absolute atomic E-state index is 0.135. The maximum absolute atomic E-state index is 12.1. The van der Waals surface area contributed by atoms with Crippen LogP contribution in [-0.2, 0) is 4.79 Å². The number of thioether (sulfide) groups is 1. The molecular formula is C19H13ClN4OS. The zero-order valence-corrected chi connectivity index (χ0v) is 15.1. The summed E-state index contributed by atoms with van der Waals surface area (Å²) >= 11 is 7.04. The van der Waals surface area contributed by atoms with E-state index in [1.807, 2.05) is 18.2 Å². The molecule has 3 rings (SSSR count). The molecule has 0 radical (unpaired) electrons. The van der Waals surface area contributed by atoms with Crippen molar-refractivity contribution in [3.05, 3.63) is 71.4 Å². The van der Waals surface area contributed by atoms with Gasteiger partial charge in [0.2, 0.25) is 5.91 Å². The van der Waals surface area contributed by atoms with Crippen LogP contribution in [0.4, 0.5) is 5.69 Å². The number of nitrogens with one attached hydrogen (secondary N) is 1. The van der Waals surface area contributed by atoms with Crippen LogP contribution in [0.3, 0.4) is 0 Å². The lowest BCUT2D eigenvalue weighted by Gasteiger charge is -2.07. The first kappa shape index (κ1) is 17.9. The molecule has 3 aromatic rings. The summed E-state index contributed by atoms with van der Waals surface area (Å²) in [6.07, 6.45) is 1.68. The number of hydrogen-bond donors (Lipinski definition) is 1. The first-order valence-electron chi connectivity index (χ1n) is 7.66. The lowest BCUT2D eigenvalue weighted by molar-refractivity contribution is -0.113. The molecule has 1 aromatic carbocycles. The van der Waals surface area contributed by atoms with Crippen molar-refractivity contribution in [1.29, 1.82) is 5.26 Å². The summed E-state index contributed by atoms with van der Waals surface area (Å²) in [6.45, 7) is 0. The Morgan fingerprint density at radius 1 is 1.12 bits per heavy atom. The number of hydrogen-bond acceptors (Lipinski definition) is 5. The van der Waals surface area contributed by atoms with E-state index in [0.29, 0.717) is 32.7 Å². The zero-order valence-electron chi connectivity index (χ0n) is 13.5. The topological polar surface area (TPSA) is 78.7 Å². The average Bonchev–Trinajstić information content (AvgIpc) is 2.68. The highest BCUT2D eigenvalue weighted by molar-refractivity contribution is 8.00. The van der Waals surface area contributed by atoms with Crippen LogP contribution in [0.1, 0.15) is 5.56 Å². The van der Waals surface area contributed by atoms with Crippen LogP contribution in [0.25, 0.3) is 11.4 Å². The van der Waals surface area contributed by atoms with Crippen LogP contribution in [0.15, 0.2) is 65.8 Å². The number of nitriles is 1. The van der Waals surface area contributed by atoms with Crippen LogP contribution in [0.5, 0.6) is 0 Å². The van der Waals surface area contributed by atoms with E-state index in [1.54, 1.807) is 42.6 Å². The number of anilines is 1. The van der Waals surface area contributed by atoms with Gasteiger partial charge < -0.3 is 5.32 Å². The molecule has 0 aliphatic heterocycles. The second-order valence-electron chi connectivity index (χ2n) is 5.22. The molecular weight excluding hydrogens is 368 g/mol. The van der Waals surface area contributed by atoms with Crippen molar-refractivity contribution < 1.29 is 4.79 Å². The fourth-order valence-corrected chi connectivity index (χ4v) is 3.05. The molecule has 0 saturated carbocycles. The molecule has 0 unspecified atom stereocenters. The summed E-state index contributed by atoms with van der Waals surface area (Å²) in [6, 6.07) is 17.9. The monoisotopic (exact) mass is 380 g/mol. The van der Waals surface area contributed by atoms with Crippen molar-refractivity contribution in [3.8, 4) is 17.5 Å². The second kappa shape index (κ2) is 8.48. The van der Waals surface area contributed by atoms with Gasteiger partial charge in [-0.3, -0.25) is 9.78 Å². The number of carbonyl (C=O) groups excluding carboxylic acids is 1. The second-order valence-corrected chi connectivity index (χ2v) is 6.62. The van der Waals surface area contributed by atoms with Crippen molar-refractivity contribution in [2.45, 2.75) is 5.03 Å². The van der Waals surface area contributed by atoms with Gasteiger partial charge in [0.15, 0.2) is 0 Å². The Morgan fingerprint density at radius 2 is 1.92 bits per heavy atom. The van der Waals surface area contributed by atoms with Gasteiger partial charge >= 0.3 is 0 Å². The highest BCUT2D eigenvalue weighted by Gasteiger charge is 2.11. The van der Waals surface area contributed by atoms with Crippen LogP contribution < -0.4 is 5.32 Å². The summed E-state index contributed by atoms with van der Waals surface area (Å²) in [5.41, 5.74) is 2.46. The number of carbonyl (C=O) groups is 1. The van der Waals surface area contributed by atoms with E-state index in [2.05, 4.69) is 21.4 Å². The zero-order chi connectivity index (χ0) is 18.4. The molecule has 128 valence electrons. The molecule has 1 N–H and O–H groups in total. The highest BCUT2D eigenvalue weighted by Crippen LogP contribution is 2.24. The number of amides is 1. The molecule has 1 amide bonds. The molecule has 0 fully saturated rings. The van der Waals surface area contributed by atoms with Crippen LogP contribution >= 0.6 is 23.4 Å². The van der Waals surface area contributed by atoms with E-state index in [1.165, 1.54) is 11.8 Å². The van der Waals surface area contributed by atoms with Crippen LogP contribution in [0, 0.1) is 11.3 Å². The molecule has 0 atom stereocenters. The quantitative estimate of drug-likeness (QED) is 0.663. The summed E-state index contributed by atoms with van der Waals surface area (Å²) < 4.78 is 0. The maximum Gasteiger partial charge on any atom is 0.234 e. The predicted octanol–water partition coefficient (Wildman–Crippen LogP) is 4.40. The molecule has 0 bridgehead atoms. The lowest BCUT2D eigenvalue weighted by Crippen LogP contribution is -2.14. The van der Waals surface area contributed by atoms with Crippen molar-refractivity contribution in [2.75, 3.05) is 11.1 Å². The number of nitrogens with zero attached hydrogens (tertiary/aromatic N) is 3. The van der Waals surface area contributed by atoms with Crippen molar-refractivity contribution in [1.82, 2.24) is 9.97 Å². The minimum atomic E-state index is -0.189. The standard InChI is InChI=1S/C19H13ClN4OS/c20-14-5-7-15(8-6-14)23-18(25)12-26-19-13(11-21)4-9-17(24-19)16-3-1-2-10-22-16/h1-10H,12H2,(H,23,25). The SMILES string of the molecule is N#Cc1ccc(-c2ccccn2)nc1SCC(=O)Nc1ccc(Cl)cc1. The van der Waals surface area contributed by atoms with Crippen LogP contribution in [0.2, 0.25) is 5.02 Å². The minimum Gasteiger partial charge on any atom is -0.325 e. The largest absolute Gasteiger partial charge is 0.325 e. The maximum atomic E-state index is 12.1. The Kier molecular flexibility index (Phi) is 5.84. The van der Waals surface area contributed by atoms with E-state index < -0.39 is 0 Å². The first-order valence-corrected chi connectivity index (χ1v) is 9.03. The van der Waals surface area contributed by atoms with Crippen LogP contribution in [-0.4, -0.2) is 21.6 Å². The van der Waals surface area contributed by atoms with Gasteiger partial charge in [-0.05, 0) is 48.5 Å². The Labute approximate surface area is 160 Å². The summed E-state index contributed by atoms with van der Waals surface area (Å²) in [5.74, 6) is -0.0538. The van der Waals surface area contributed by atoms with Gasteiger partial charge in [-0.25, -0.2) is 4.98 Å². The van der Waals surface area contributed by atoms with Gasteiger partial charge in [0.1, 0.15) is 11.1 Å². The third-order valence-corrected chi connectivity index (χ3v) is 4.62. The molecule has 5 nitrogen and oxygen atoms in total. The van der Waals surface area contributed by atoms with Gasteiger partial charge in [-0.15, -0.1) is 0 Å². The van der Waals surface area contributed by atoms with E-state index in [0.717, 1.165) is 0 Å². The third-order valence-electron chi connectivity index (χ3n) is 3.38. The van der Waals surface area contributed by atoms with E-state index >= 15 is 0 Å². The van der Waals surface area contributed by atoms with E-state index in [9.17, 15) is 10.1 Å². The fraction of sp³-hybridized carbons (Fsp3) is 0.0526. The number of halogens is 1. The third kappa shape index (κ3) is 4.60. The Morgan fingerprint density at radius 3 is 2.62 bits per heavy atom.